The van der Waals surface area contributed by atoms with E-state index in [1.54, 1.807) is 6.08 Å². The average molecular weight is 276 g/mol. The van der Waals surface area contributed by atoms with E-state index in [9.17, 15) is 4.79 Å². The van der Waals surface area contributed by atoms with Crippen LogP contribution in [0.15, 0.2) is 55.0 Å². The van der Waals surface area contributed by atoms with E-state index in [2.05, 4.69) is 16.0 Å². The fourth-order valence-corrected chi connectivity index (χ4v) is 2.12. The molecule has 2 aromatic carbocycles. The van der Waals surface area contributed by atoms with Crippen molar-refractivity contribution >= 4 is 28.9 Å². The lowest BCUT2D eigenvalue weighted by atomic mass is 10.1. The van der Waals surface area contributed by atoms with Crippen molar-refractivity contribution in [1.82, 2.24) is 9.97 Å². The van der Waals surface area contributed by atoms with Gasteiger partial charge in [0.2, 0.25) is 0 Å². The van der Waals surface area contributed by atoms with Gasteiger partial charge in [0.05, 0.1) is 5.69 Å². The van der Waals surface area contributed by atoms with Crippen LogP contribution < -0.4 is 0 Å². The highest BCUT2D eigenvalue weighted by atomic mass is 16.4. The minimum Gasteiger partial charge on any atom is -0.478 e. The molecule has 21 heavy (non-hydrogen) atoms. The minimum absolute atomic E-state index is 0.0922. The first-order valence-corrected chi connectivity index (χ1v) is 6.44. The summed E-state index contributed by atoms with van der Waals surface area (Å²) in [5.41, 5.74) is 1.48. The molecule has 0 aliphatic heterocycles. The molecule has 0 saturated heterocycles. The summed E-state index contributed by atoms with van der Waals surface area (Å²) in [5.74, 6) is -1.03. The summed E-state index contributed by atoms with van der Waals surface area (Å²) in [7, 11) is 0. The Balaban J connectivity index is 1.96. The molecule has 0 fully saturated rings. The Kier molecular flexibility index (Phi) is 3.43. The number of aromatic nitrogens is 2. The van der Waals surface area contributed by atoms with Gasteiger partial charge in [0, 0.05) is 6.20 Å². The van der Waals surface area contributed by atoms with Crippen LogP contribution in [-0.2, 0) is 0 Å². The highest BCUT2D eigenvalue weighted by Gasteiger charge is 2.08. The third kappa shape index (κ3) is 2.79. The topological polar surface area (TPSA) is 63.1 Å². The number of aromatic carboxylic acids is 1. The monoisotopic (exact) mass is 276 g/mol. The Morgan fingerprint density at radius 2 is 1.86 bits per heavy atom. The second-order valence-electron chi connectivity index (χ2n) is 4.57. The molecule has 102 valence electrons. The van der Waals surface area contributed by atoms with Gasteiger partial charge in [0.15, 0.2) is 0 Å². The van der Waals surface area contributed by atoms with Crippen molar-refractivity contribution in [3.8, 4) is 0 Å². The fraction of sp³-hybridized carbons (Fsp3) is 0. The maximum Gasteiger partial charge on any atom is 0.339 e. The van der Waals surface area contributed by atoms with Crippen molar-refractivity contribution in [2.75, 3.05) is 0 Å². The maximum absolute atomic E-state index is 11.1. The van der Waals surface area contributed by atoms with Gasteiger partial charge in [-0.25, -0.2) is 14.8 Å². The van der Waals surface area contributed by atoms with Crippen LogP contribution in [0.3, 0.4) is 0 Å². The molecular weight excluding hydrogens is 264 g/mol. The van der Waals surface area contributed by atoms with Crippen LogP contribution in [-0.4, -0.2) is 21.0 Å². The van der Waals surface area contributed by atoms with Crippen molar-refractivity contribution < 1.29 is 9.90 Å². The molecule has 1 N–H and O–H groups in total. The Labute approximate surface area is 121 Å². The van der Waals surface area contributed by atoms with Gasteiger partial charge < -0.3 is 5.11 Å². The molecule has 0 aliphatic carbocycles. The highest BCUT2D eigenvalue weighted by Crippen LogP contribution is 2.17. The molecule has 3 rings (SSSR count). The van der Waals surface area contributed by atoms with E-state index in [1.165, 1.54) is 17.9 Å². The number of fused-ring (bicyclic) bond motifs is 1. The van der Waals surface area contributed by atoms with Crippen molar-refractivity contribution in [1.29, 1.82) is 0 Å². The zero-order chi connectivity index (χ0) is 14.7. The standard InChI is InChI=1S/C17H12N2O2/c20-17(21)15-10-18-11-19-16(15)8-6-12-5-7-13-3-1-2-4-14(13)9-12/h1-11H,(H,20,21)/b8-6+. The molecule has 0 aliphatic rings. The summed E-state index contributed by atoms with van der Waals surface area (Å²) in [5, 5.41) is 11.4. The lowest BCUT2D eigenvalue weighted by Gasteiger charge is -2.00. The third-order valence-electron chi connectivity index (χ3n) is 3.18. The maximum atomic E-state index is 11.1. The number of hydrogen-bond donors (Lipinski definition) is 1. The van der Waals surface area contributed by atoms with E-state index in [0.29, 0.717) is 5.69 Å². The quantitative estimate of drug-likeness (QED) is 0.795. The zero-order valence-electron chi connectivity index (χ0n) is 11.1. The number of hydrogen-bond acceptors (Lipinski definition) is 3. The first kappa shape index (κ1) is 13.0. The summed E-state index contributed by atoms with van der Waals surface area (Å²) in [4.78, 5) is 18.8. The van der Waals surface area contributed by atoms with E-state index in [-0.39, 0.29) is 5.56 Å². The van der Waals surface area contributed by atoms with Crippen LogP contribution in [0.1, 0.15) is 21.6 Å². The summed E-state index contributed by atoms with van der Waals surface area (Å²) in [6.07, 6.45) is 6.18. The Hall–Kier alpha value is -3.01. The van der Waals surface area contributed by atoms with E-state index >= 15 is 0 Å². The van der Waals surface area contributed by atoms with Crippen LogP contribution in [0.2, 0.25) is 0 Å². The van der Waals surface area contributed by atoms with Gasteiger partial charge in [0.1, 0.15) is 11.9 Å². The number of rotatable bonds is 3. The third-order valence-corrected chi connectivity index (χ3v) is 3.18. The average Bonchev–Trinajstić information content (AvgIpc) is 2.53. The largest absolute Gasteiger partial charge is 0.478 e. The molecule has 3 aromatic rings. The summed E-state index contributed by atoms with van der Waals surface area (Å²) < 4.78 is 0. The smallest absolute Gasteiger partial charge is 0.339 e. The molecule has 1 heterocycles. The molecule has 0 amide bonds. The second kappa shape index (κ2) is 5.54. The molecular formula is C17H12N2O2. The van der Waals surface area contributed by atoms with Gasteiger partial charge in [-0.05, 0) is 28.5 Å². The SMILES string of the molecule is O=C(O)c1cncnc1/C=C/c1ccc2ccccc2c1. The van der Waals surface area contributed by atoms with Crippen molar-refractivity contribution in [2.45, 2.75) is 0 Å². The highest BCUT2D eigenvalue weighted by molar-refractivity contribution is 5.92. The lowest BCUT2D eigenvalue weighted by molar-refractivity contribution is 0.0695. The second-order valence-corrected chi connectivity index (χ2v) is 4.57. The molecule has 0 saturated carbocycles. The number of nitrogens with zero attached hydrogens (tertiary/aromatic N) is 2. The molecule has 4 heteroatoms. The van der Waals surface area contributed by atoms with Crippen LogP contribution in [0, 0.1) is 0 Å². The summed E-state index contributed by atoms with van der Waals surface area (Å²) in [6, 6.07) is 14.2. The van der Waals surface area contributed by atoms with Gasteiger partial charge in [-0.1, -0.05) is 42.5 Å². The van der Waals surface area contributed by atoms with E-state index in [4.69, 9.17) is 5.11 Å². The minimum atomic E-state index is -1.03. The van der Waals surface area contributed by atoms with E-state index in [0.717, 1.165) is 10.9 Å². The Bertz CT molecular complexity index is 841. The van der Waals surface area contributed by atoms with Gasteiger partial charge in [-0.3, -0.25) is 0 Å². The first-order chi connectivity index (χ1) is 10.2. The molecule has 0 spiro atoms. The molecule has 0 radical (unpaired) electrons. The van der Waals surface area contributed by atoms with Crippen LogP contribution in [0.4, 0.5) is 0 Å². The van der Waals surface area contributed by atoms with Crippen LogP contribution >= 0.6 is 0 Å². The van der Waals surface area contributed by atoms with Gasteiger partial charge in [-0.15, -0.1) is 0 Å². The van der Waals surface area contributed by atoms with E-state index in [1.807, 2.05) is 42.5 Å². The lowest BCUT2D eigenvalue weighted by Crippen LogP contribution is -2.02. The Morgan fingerprint density at radius 3 is 2.67 bits per heavy atom. The van der Waals surface area contributed by atoms with Gasteiger partial charge in [-0.2, -0.15) is 0 Å². The normalized spacial score (nSPS) is 11.0. The Morgan fingerprint density at radius 1 is 1.05 bits per heavy atom. The van der Waals surface area contributed by atoms with Crippen molar-refractivity contribution in [2.24, 2.45) is 0 Å². The molecule has 0 bridgehead atoms. The summed E-state index contributed by atoms with van der Waals surface area (Å²) >= 11 is 0. The van der Waals surface area contributed by atoms with E-state index < -0.39 is 5.97 Å². The molecule has 1 aromatic heterocycles. The van der Waals surface area contributed by atoms with Crippen molar-refractivity contribution in [3.63, 3.8) is 0 Å². The van der Waals surface area contributed by atoms with Crippen molar-refractivity contribution in [3.05, 3.63) is 71.8 Å². The van der Waals surface area contributed by atoms with Gasteiger partial charge >= 0.3 is 5.97 Å². The molecule has 0 unspecified atom stereocenters. The van der Waals surface area contributed by atoms with Crippen LogP contribution in [0.25, 0.3) is 22.9 Å². The van der Waals surface area contributed by atoms with Crippen LogP contribution in [0.5, 0.6) is 0 Å². The predicted octanol–water partition coefficient (Wildman–Crippen LogP) is 3.50. The zero-order valence-corrected chi connectivity index (χ0v) is 11.1. The molecule has 4 nitrogen and oxygen atoms in total. The van der Waals surface area contributed by atoms with Gasteiger partial charge in [0.25, 0.3) is 0 Å². The molecule has 0 atom stereocenters. The fourth-order valence-electron chi connectivity index (χ4n) is 2.12. The first-order valence-electron chi connectivity index (χ1n) is 6.44. The number of carbonyl (C=O) groups is 1. The summed E-state index contributed by atoms with van der Waals surface area (Å²) in [6.45, 7) is 0. The number of benzene rings is 2. The number of carboxylic acid groups (broad SMARTS) is 1. The number of carboxylic acids is 1. The predicted molar refractivity (Wildman–Crippen MR) is 81.9 cm³/mol.